The number of pyridine rings is 1. The maximum absolute atomic E-state index is 12.9. The average Bonchev–Trinajstić information content (AvgIpc) is 2.85. The molecule has 0 aliphatic carbocycles. The highest BCUT2D eigenvalue weighted by Gasteiger charge is 2.24. The second kappa shape index (κ2) is 8.75. The molecule has 0 spiro atoms. The second-order valence-corrected chi connectivity index (χ2v) is 8.09. The van der Waals surface area contributed by atoms with Crippen LogP contribution in [0.15, 0.2) is 73.1 Å². The van der Waals surface area contributed by atoms with Gasteiger partial charge in [0, 0.05) is 49.5 Å². The highest BCUT2D eigenvalue weighted by Crippen LogP contribution is 2.28. The predicted octanol–water partition coefficient (Wildman–Crippen LogP) is 3.89. The standard InChI is InChI=1S/C26H25N5O/c1-19-6-2-3-7-21(19)18-24(32)30-14-16-31(17-15-30)26-22-8-4-5-9-23(22)28-25(29-26)20-10-12-27-13-11-20/h2-13H,14-18H2,1H3. The van der Waals surface area contributed by atoms with Gasteiger partial charge in [0.2, 0.25) is 5.91 Å². The first-order valence-corrected chi connectivity index (χ1v) is 10.9. The Morgan fingerprint density at radius 1 is 0.875 bits per heavy atom. The third kappa shape index (κ3) is 4.04. The molecule has 160 valence electrons. The lowest BCUT2D eigenvalue weighted by molar-refractivity contribution is -0.130. The number of aryl methyl sites for hydroxylation is 1. The fourth-order valence-corrected chi connectivity index (χ4v) is 4.18. The third-order valence-electron chi connectivity index (χ3n) is 6.06. The number of fused-ring (bicyclic) bond motifs is 1. The van der Waals surface area contributed by atoms with E-state index in [0.29, 0.717) is 25.3 Å². The Morgan fingerprint density at radius 3 is 2.38 bits per heavy atom. The maximum Gasteiger partial charge on any atom is 0.227 e. The Hall–Kier alpha value is -3.80. The normalized spacial score (nSPS) is 14.0. The summed E-state index contributed by atoms with van der Waals surface area (Å²) in [6.45, 7) is 4.93. The molecule has 0 saturated carbocycles. The van der Waals surface area contributed by atoms with Crippen LogP contribution < -0.4 is 4.90 Å². The van der Waals surface area contributed by atoms with E-state index in [9.17, 15) is 4.79 Å². The number of carbonyl (C=O) groups excluding carboxylic acids is 1. The number of rotatable bonds is 4. The Bertz CT molecular complexity index is 1250. The zero-order valence-corrected chi connectivity index (χ0v) is 18.1. The molecule has 0 unspecified atom stereocenters. The molecule has 3 heterocycles. The van der Waals surface area contributed by atoms with Crippen molar-refractivity contribution in [2.75, 3.05) is 31.1 Å². The van der Waals surface area contributed by atoms with Gasteiger partial charge < -0.3 is 9.80 Å². The number of para-hydroxylation sites is 1. The molecule has 0 N–H and O–H groups in total. The minimum atomic E-state index is 0.184. The van der Waals surface area contributed by atoms with Crippen LogP contribution in [0.1, 0.15) is 11.1 Å². The lowest BCUT2D eigenvalue weighted by Gasteiger charge is -2.36. The number of anilines is 1. The fourth-order valence-electron chi connectivity index (χ4n) is 4.18. The zero-order valence-electron chi connectivity index (χ0n) is 18.1. The molecular weight excluding hydrogens is 398 g/mol. The predicted molar refractivity (Wildman–Crippen MR) is 126 cm³/mol. The topological polar surface area (TPSA) is 62.2 Å². The van der Waals surface area contributed by atoms with Crippen molar-refractivity contribution in [1.82, 2.24) is 19.9 Å². The van der Waals surface area contributed by atoms with Gasteiger partial charge in [0.1, 0.15) is 5.82 Å². The van der Waals surface area contributed by atoms with Gasteiger partial charge in [-0.15, -0.1) is 0 Å². The van der Waals surface area contributed by atoms with Crippen molar-refractivity contribution in [2.24, 2.45) is 0 Å². The summed E-state index contributed by atoms with van der Waals surface area (Å²) < 4.78 is 0. The number of aromatic nitrogens is 3. The van der Waals surface area contributed by atoms with E-state index in [1.54, 1.807) is 12.4 Å². The molecule has 4 aromatic rings. The van der Waals surface area contributed by atoms with E-state index in [1.807, 2.05) is 53.4 Å². The number of piperazine rings is 1. The summed E-state index contributed by atoms with van der Waals surface area (Å²) in [5.74, 6) is 1.80. The van der Waals surface area contributed by atoms with Crippen molar-refractivity contribution < 1.29 is 4.79 Å². The molecule has 2 aromatic heterocycles. The molecule has 5 rings (SSSR count). The van der Waals surface area contributed by atoms with Crippen LogP contribution in [0.2, 0.25) is 0 Å². The number of benzene rings is 2. The van der Waals surface area contributed by atoms with E-state index in [1.165, 1.54) is 0 Å². The van der Waals surface area contributed by atoms with Crippen molar-refractivity contribution in [1.29, 1.82) is 0 Å². The summed E-state index contributed by atoms with van der Waals surface area (Å²) in [6.07, 6.45) is 3.97. The van der Waals surface area contributed by atoms with E-state index in [0.717, 1.165) is 46.5 Å². The van der Waals surface area contributed by atoms with Gasteiger partial charge in [-0.2, -0.15) is 0 Å². The Kier molecular flexibility index (Phi) is 5.50. The van der Waals surface area contributed by atoms with Crippen molar-refractivity contribution in [3.05, 3.63) is 84.2 Å². The van der Waals surface area contributed by atoms with Gasteiger partial charge in [-0.1, -0.05) is 36.4 Å². The Labute approximate surface area is 187 Å². The van der Waals surface area contributed by atoms with Crippen LogP contribution in [-0.4, -0.2) is 51.9 Å². The SMILES string of the molecule is Cc1ccccc1CC(=O)N1CCN(c2nc(-c3ccncc3)nc3ccccc23)CC1. The lowest BCUT2D eigenvalue weighted by atomic mass is 10.1. The van der Waals surface area contributed by atoms with Crippen molar-refractivity contribution >= 4 is 22.6 Å². The highest BCUT2D eigenvalue weighted by molar-refractivity contribution is 5.91. The molecular formula is C26H25N5O. The molecule has 1 fully saturated rings. The first-order valence-electron chi connectivity index (χ1n) is 10.9. The summed E-state index contributed by atoms with van der Waals surface area (Å²) in [6, 6.07) is 20.1. The van der Waals surface area contributed by atoms with Crippen molar-refractivity contribution in [3.63, 3.8) is 0 Å². The minimum Gasteiger partial charge on any atom is -0.352 e. The molecule has 0 atom stereocenters. The molecule has 6 heteroatoms. The van der Waals surface area contributed by atoms with E-state index in [-0.39, 0.29) is 5.91 Å². The van der Waals surface area contributed by atoms with E-state index in [4.69, 9.17) is 9.97 Å². The molecule has 1 saturated heterocycles. The van der Waals surface area contributed by atoms with Gasteiger partial charge in [0.15, 0.2) is 5.82 Å². The van der Waals surface area contributed by atoms with Gasteiger partial charge in [-0.05, 0) is 42.3 Å². The van der Waals surface area contributed by atoms with Crippen LogP contribution in [-0.2, 0) is 11.2 Å². The van der Waals surface area contributed by atoms with Gasteiger partial charge >= 0.3 is 0 Å². The van der Waals surface area contributed by atoms with Gasteiger partial charge in [0.25, 0.3) is 0 Å². The number of hydrogen-bond acceptors (Lipinski definition) is 5. The molecule has 1 aliphatic rings. The van der Waals surface area contributed by atoms with Crippen LogP contribution >= 0.6 is 0 Å². The van der Waals surface area contributed by atoms with Crippen LogP contribution in [0.25, 0.3) is 22.3 Å². The smallest absolute Gasteiger partial charge is 0.227 e. The summed E-state index contributed by atoms with van der Waals surface area (Å²) in [5.41, 5.74) is 4.13. The van der Waals surface area contributed by atoms with Crippen LogP contribution in [0.3, 0.4) is 0 Å². The second-order valence-electron chi connectivity index (χ2n) is 8.09. The van der Waals surface area contributed by atoms with E-state index < -0.39 is 0 Å². The zero-order chi connectivity index (χ0) is 21.9. The van der Waals surface area contributed by atoms with Crippen LogP contribution in [0, 0.1) is 6.92 Å². The van der Waals surface area contributed by atoms with E-state index in [2.05, 4.69) is 28.9 Å². The molecule has 1 aliphatic heterocycles. The maximum atomic E-state index is 12.9. The fraction of sp³-hybridized carbons (Fsp3) is 0.231. The van der Waals surface area contributed by atoms with Crippen molar-refractivity contribution in [2.45, 2.75) is 13.3 Å². The van der Waals surface area contributed by atoms with Gasteiger partial charge in [-0.25, -0.2) is 9.97 Å². The molecule has 0 bridgehead atoms. The Morgan fingerprint density at radius 2 is 1.59 bits per heavy atom. The molecule has 32 heavy (non-hydrogen) atoms. The average molecular weight is 424 g/mol. The first kappa shape index (κ1) is 20.1. The summed E-state index contributed by atoms with van der Waals surface area (Å²) >= 11 is 0. The largest absolute Gasteiger partial charge is 0.352 e. The summed E-state index contributed by atoms with van der Waals surface area (Å²) in [7, 11) is 0. The van der Waals surface area contributed by atoms with Crippen LogP contribution in [0.4, 0.5) is 5.82 Å². The highest BCUT2D eigenvalue weighted by atomic mass is 16.2. The first-order chi connectivity index (χ1) is 15.7. The van der Waals surface area contributed by atoms with Gasteiger partial charge in [0.05, 0.1) is 11.9 Å². The number of carbonyl (C=O) groups is 1. The molecule has 1 amide bonds. The third-order valence-corrected chi connectivity index (χ3v) is 6.06. The van der Waals surface area contributed by atoms with Gasteiger partial charge in [-0.3, -0.25) is 9.78 Å². The van der Waals surface area contributed by atoms with E-state index >= 15 is 0 Å². The number of hydrogen-bond donors (Lipinski definition) is 0. The lowest BCUT2D eigenvalue weighted by Crippen LogP contribution is -2.49. The number of amides is 1. The molecule has 6 nitrogen and oxygen atoms in total. The monoisotopic (exact) mass is 423 g/mol. The summed E-state index contributed by atoms with van der Waals surface area (Å²) in [4.78, 5) is 30.9. The Balaban J connectivity index is 1.37. The molecule has 0 radical (unpaired) electrons. The molecule has 2 aromatic carbocycles. The van der Waals surface area contributed by atoms with Crippen molar-refractivity contribution in [3.8, 4) is 11.4 Å². The van der Waals surface area contributed by atoms with Crippen LogP contribution in [0.5, 0.6) is 0 Å². The quantitative estimate of drug-likeness (QED) is 0.498. The summed E-state index contributed by atoms with van der Waals surface area (Å²) in [5, 5.41) is 1.03. The number of nitrogens with zero attached hydrogens (tertiary/aromatic N) is 5. The minimum absolute atomic E-state index is 0.184.